The Labute approximate surface area is 113 Å². The molecule has 0 heterocycles. The second kappa shape index (κ2) is 6.75. The van der Waals surface area contributed by atoms with Gasteiger partial charge in [0.15, 0.2) is 0 Å². The highest BCUT2D eigenvalue weighted by molar-refractivity contribution is 5.75. The van der Waals surface area contributed by atoms with Gasteiger partial charge in [-0.3, -0.25) is 4.79 Å². The van der Waals surface area contributed by atoms with Crippen LogP contribution in [0.1, 0.15) is 46.0 Å². The monoisotopic (exact) mass is 272 g/mol. The molecule has 0 aromatic heterocycles. The van der Waals surface area contributed by atoms with Crippen molar-refractivity contribution in [1.29, 1.82) is 0 Å². The van der Waals surface area contributed by atoms with E-state index in [-0.39, 0.29) is 19.0 Å². The van der Waals surface area contributed by atoms with Gasteiger partial charge >= 0.3 is 12.0 Å². The van der Waals surface area contributed by atoms with Gasteiger partial charge in [-0.25, -0.2) is 4.79 Å². The number of carboxylic acid groups (broad SMARTS) is 1. The molecule has 2 amide bonds. The van der Waals surface area contributed by atoms with Crippen molar-refractivity contribution in [3.8, 4) is 0 Å². The summed E-state index contributed by atoms with van der Waals surface area (Å²) < 4.78 is 0. The highest BCUT2D eigenvalue weighted by Crippen LogP contribution is 2.27. The van der Waals surface area contributed by atoms with Crippen LogP contribution in [0.3, 0.4) is 0 Å². The van der Waals surface area contributed by atoms with Crippen molar-refractivity contribution < 1.29 is 19.8 Å². The molecule has 1 rings (SSSR count). The quantitative estimate of drug-likeness (QED) is 0.619. The molecular formula is C13H24N2O4. The van der Waals surface area contributed by atoms with Crippen LogP contribution >= 0.6 is 0 Å². The van der Waals surface area contributed by atoms with Gasteiger partial charge in [-0.05, 0) is 26.2 Å². The number of carboxylic acids is 1. The predicted molar refractivity (Wildman–Crippen MR) is 70.9 cm³/mol. The zero-order valence-corrected chi connectivity index (χ0v) is 11.7. The molecule has 1 aliphatic rings. The van der Waals surface area contributed by atoms with E-state index in [0.717, 1.165) is 25.7 Å². The number of unbranched alkanes of at least 4 members (excludes halogenated alkanes) is 1. The lowest BCUT2D eigenvalue weighted by Gasteiger charge is -2.26. The first-order chi connectivity index (χ1) is 8.85. The predicted octanol–water partition coefficient (Wildman–Crippen LogP) is 1.19. The molecule has 1 aliphatic carbocycles. The maximum atomic E-state index is 12.0. The summed E-state index contributed by atoms with van der Waals surface area (Å²) in [5.41, 5.74) is -1.42. The third kappa shape index (κ3) is 5.92. The average Bonchev–Trinajstić information content (AvgIpc) is 3.09. The molecule has 3 N–H and O–H groups in total. The second-order valence-corrected chi connectivity index (χ2v) is 5.50. The van der Waals surface area contributed by atoms with Crippen LogP contribution in [0.5, 0.6) is 0 Å². The summed E-state index contributed by atoms with van der Waals surface area (Å²) >= 11 is 0. The van der Waals surface area contributed by atoms with Crippen molar-refractivity contribution in [2.24, 2.45) is 0 Å². The van der Waals surface area contributed by atoms with E-state index >= 15 is 0 Å². The first-order valence-electron chi connectivity index (χ1n) is 6.84. The van der Waals surface area contributed by atoms with Crippen molar-refractivity contribution in [3.05, 3.63) is 0 Å². The Hall–Kier alpha value is -1.30. The van der Waals surface area contributed by atoms with Crippen LogP contribution in [0.2, 0.25) is 0 Å². The largest absolute Gasteiger partial charge is 0.481 e. The normalized spacial score (nSPS) is 17.6. The SMILES string of the molecule is CCCCN(C(=O)NCC(C)(O)CC(=O)O)C1CC1. The van der Waals surface area contributed by atoms with Crippen molar-refractivity contribution in [2.45, 2.75) is 57.6 Å². The minimum absolute atomic E-state index is 0.0481. The third-order valence-electron chi connectivity index (χ3n) is 3.15. The van der Waals surface area contributed by atoms with Gasteiger partial charge in [-0.1, -0.05) is 13.3 Å². The molecule has 1 fully saturated rings. The summed E-state index contributed by atoms with van der Waals surface area (Å²) in [6.45, 7) is 4.15. The van der Waals surface area contributed by atoms with E-state index in [4.69, 9.17) is 5.11 Å². The summed E-state index contributed by atoms with van der Waals surface area (Å²) in [6.07, 6.45) is 3.65. The Morgan fingerprint density at radius 1 is 1.42 bits per heavy atom. The van der Waals surface area contributed by atoms with Crippen LogP contribution < -0.4 is 5.32 Å². The Morgan fingerprint density at radius 3 is 2.53 bits per heavy atom. The molecule has 1 saturated carbocycles. The molecule has 0 bridgehead atoms. The smallest absolute Gasteiger partial charge is 0.317 e. The summed E-state index contributed by atoms with van der Waals surface area (Å²) in [4.78, 5) is 24.4. The van der Waals surface area contributed by atoms with E-state index in [2.05, 4.69) is 12.2 Å². The van der Waals surface area contributed by atoms with Gasteiger partial charge < -0.3 is 20.4 Å². The first-order valence-corrected chi connectivity index (χ1v) is 6.84. The van der Waals surface area contributed by atoms with Gasteiger partial charge in [0.2, 0.25) is 0 Å². The van der Waals surface area contributed by atoms with Gasteiger partial charge in [0.1, 0.15) is 0 Å². The summed E-state index contributed by atoms with van der Waals surface area (Å²) in [5.74, 6) is -1.08. The second-order valence-electron chi connectivity index (χ2n) is 5.50. The molecule has 0 spiro atoms. The fourth-order valence-electron chi connectivity index (χ4n) is 1.92. The van der Waals surface area contributed by atoms with Crippen LogP contribution in [0.4, 0.5) is 4.79 Å². The molecule has 110 valence electrons. The number of carbonyl (C=O) groups is 2. The van der Waals surface area contributed by atoms with Crippen LogP contribution in [-0.4, -0.2) is 51.8 Å². The van der Waals surface area contributed by atoms with Crippen molar-refractivity contribution >= 4 is 12.0 Å². The van der Waals surface area contributed by atoms with E-state index in [1.54, 1.807) is 4.90 Å². The Balaban J connectivity index is 2.41. The fourth-order valence-corrected chi connectivity index (χ4v) is 1.92. The number of carbonyl (C=O) groups excluding carboxylic acids is 1. The van der Waals surface area contributed by atoms with Crippen LogP contribution in [0, 0.1) is 0 Å². The molecule has 0 aromatic carbocycles. The Bertz CT molecular complexity index is 327. The Morgan fingerprint density at radius 2 is 2.05 bits per heavy atom. The number of aliphatic carboxylic acids is 1. The number of amides is 2. The molecule has 0 radical (unpaired) electrons. The lowest BCUT2D eigenvalue weighted by atomic mass is 10.0. The van der Waals surface area contributed by atoms with Crippen LogP contribution in [0.15, 0.2) is 0 Å². The average molecular weight is 272 g/mol. The van der Waals surface area contributed by atoms with Gasteiger partial charge in [-0.2, -0.15) is 0 Å². The maximum absolute atomic E-state index is 12.0. The number of hydrogen-bond donors (Lipinski definition) is 3. The number of hydrogen-bond acceptors (Lipinski definition) is 3. The molecule has 6 heteroatoms. The zero-order chi connectivity index (χ0) is 14.5. The zero-order valence-electron chi connectivity index (χ0n) is 11.7. The number of rotatable bonds is 8. The van der Waals surface area contributed by atoms with Gasteiger partial charge in [0.05, 0.1) is 12.0 Å². The lowest BCUT2D eigenvalue weighted by Crippen LogP contribution is -2.48. The van der Waals surface area contributed by atoms with Crippen molar-refractivity contribution in [1.82, 2.24) is 10.2 Å². The van der Waals surface area contributed by atoms with E-state index in [1.165, 1.54) is 6.92 Å². The summed E-state index contributed by atoms with van der Waals surface area (Å²) in [7, 11) is 0. The van der Waals surface area contributed by atoms with E-state index in [9.17, 15) is 14.7 Å². The molecule has 0 aliphatic heterocycles. The summed E-state index contributed by atoms with van der Waals surface area (Å²) in [5, 5.41) is 21.1. The molecule has 1 unspecified atom stereocenters. The van der Waals surface area contributed by atoms with Crippen LogP contribution in [0.25, 0.3) is 0 Å². The molecule has 6 nitrogen and oxygen atoms in total. The number of urea groups is 1. The van der Waals surface area contributed by atoms with Gasteiger partial charge in [0.25, 0.3) is 0 Å². The minimum Gasteiger partial charge on any atom is -0.481 e. The number of nitrogens with zero attached hydrogens (tertiary/aromatic N) is 1. The molecule has 0 aromatic rings. The topological polar surface area (TPSA) is 89.9 Å². The highest BCUT2D eigenvalue weighted by atomic mass is 16.4. The van der Waals surface area contributed by atoms with E-state index < -0.39 is 11.6 Å². The van der Waals surface area contributed by atoms with Crippen molar-refractivity contribution in [3.63, 3.8) is 0 Å². The summed E-state index contributed by atoms with van der Waals surface area (Å²) in [6, 6.07) is 0.109. The number of aliphatic hydroxyl groups is 1. The Kier molecular flexibility index (Phi) is 5.60. The third-order valence-corrected chi connectivity index (χ3v) is 3.15. The van der Waals surface area contributed by atoms with Crippen molar-refractivity contribution in [2.75, 3.05) is 13.1 Å². The highest BCUT2D eigenvalue weighted by Gasteiger charge is 2.33. The van der Waals surface area contributed by atoms with Gasteiger partial charge in [0, 0.05) is 19.1 Å². The fraction of sp³-hybridized carbons (Fsp3) is 0.846. The van der Waals surface area contributed by atoms with E-state index in [0.29, 0.717) is 12.6 Å². The van der Waals surface area contributed by atoms with Gasteiger partial charge in [-0.15, -0.1) is 0 Å². The molecular weight excluding hydrogens is 248 g/mol. The number of nitrogens with one attached hydrogen (secondary N) is 1. The molecule has 1 atom stereocenters. The maximum Gasteiger partial charge on any atom is 0.317 e. The minimum atomic E-state index is -1.42. The lowest BCUT2D eigenvalue weighted by molar-refractivity contribution is -0.141. The van der Waals surface area contributed by atoms with Crippen LogP contribution in [-0.2, 0) is 4.79 Å². The molecule has 0 saturated heterocycles. The van der Waals surface area contributed by atoms with E-state index in [1.807, 2.05) is 0 Å². The first kappa shape index (κ1) is 15.8. The molecule has 19 heavy (non-hydrogen) atoms. The standard InChI is InChI=1S/C13H24N2O4/c1-3-4-7-15(10-5-6-10)12(18)14-9-13(2,19)8-11(16)17/h10,19H,3-9H2,1-2H3,(H,14,18)(H,16,17).